The van der Waals surface area contributed by atoms with Gasteiger partial charge in [-0.3, -0.25) is 4.79 Å². The number of nitrogens with one attached hydrogen (secondary N) is 1. The molecule has 6 nitrogen and oxygen atoms in total. The van der Waals surface area contributed by atoms with Crippen molar-refractivity contribution in [3.05, 3.63) is 77.7 Å². The van der Waals surface area contributed by atoms with Gasteiger partial charge in [-0.05, 0) is 48.2 Å². The molecular formula is C25H24F4NO5PS. The normalized spacial score (nSPS) is 14.0. The number of alkyl halides is 4. The van der Waals surface area contributed by atoms with Crippen LogP contribution in [0.15, 0.2) is 67.3 Å². The zero-order chi connectivity index (χ0) is 27.0. The summed E-state index contributed by atoms with van der Waals surface area (Å²) in [6.07, 6.45) is -4.30. The maximum atomic E-state index is 15.8. The molecule has 3 unspecified atom stereocenters. The zero-order valence-corrected chi connectivity index (χ0v) is 21.4. The molecule has 0 bridgehead atoms. The molecule has 0 saturated carbocycles. The van der Waals surface area contributed by atoms with Crippen LogP contribution >= 0.6 is 19.6 Å². The molecule has 3 rings (SSSR count). The van der Waals surface area contributed by atoms with Crippen molar-refractivity contribution in [2.24, 2.45) is 0 Å². The van der Waals surface area contributed by atoms with Crippen LogP contribution in [0.1, 0.15) is 34.5 Å². The van der Waals surface area contributed by atoms with Gasteiger partial charge in [-0.15, -0.1) is 11.3 Å². The molecule has 1 N–H and O–H groups in total. The van der Waals surface area contributed by atoms with Crippen LogP contribution in [0.5, 0.6) is 5.75 Å². The highest BCUT2D eigenvalue weighted by Gasteiger charge is 2.32. The predicted octanol–water partition coefficient (Wildman–Crippen LogP) is 7.08. The standard InChI is InChI=1S/C25H24F4NO5PS/c1-3-12-33-24(32)21-15-18-14-17(9-10-20(18)37-21)22(26)36(35-19-7-5-4-6-8-19)30-16(2)23(31)34-13-11-25(27,28)29/h3-10,14-16,22,30H,1,11-13H2,2H3. The Bertz CT molecular complexity index is 1220. The molecular weight excluding hydrogens is 533 g/mol. The summed E-state index contributed by atoms with van der Waals surface area (Å²) in [4.78, 5) is 24.7. The third kappa shape index (κ3) is 8.52. The molecule has 0 radical (unpaired) electrons. The summed E-state index contributed by atoms with van der Waals surface area (Å²) in [5.74, 6) is -2.88. The van der Waals surface area contributed by atoms with E-state index >= 15 is 4.39 Å². The van der Waals surface area contributed by atoms with Gasteiger partial charge >= 0.3 is 18.1 Å². The minimum atomic E-state index is -4.47. The first-order valence-electron chi connectivity index (χ1n) is 11.0. The summed E-state index contributed by atoms with van der Waals surface area (Å²) in [6.45, 7) is 4.08. The molecule has 0 aliphatic rings. The molecule has 2 aromatic carbocycles. The molecule has 3 aromatic rings. The molecule has 0 saturated heterocycles. The second kappa shape index (κ2) is 13.0. The Hall–Kier alpha value is -3.01. The highest BCUT2D eigenvalue weighted by atomic mass is 32.1. The molecule has 1 heterocycles. The summed E-state index contributed by atoms with van der Waals surface area (Å²) >= 11 is 1.20. The van der Waals surface area contributed by atoms with Gasteiger partial charge < -0.3 is 14.0 Å². The molecule has 37 heavy (non-hydrogen) atoms. The third-order valence-electron chi connectivity index (χ3n) is 4.81. The van der Waals surface area contributed by atoms with Gasteiger partial charge in [-0.2, -0.15) is 13.2 Å². The number of hydrogen-bond acceptors (Lipinski definition) is 7. The van der Waals surface area contributed by atoms with E-state index in [2.05, 4.69) is 16.4 Å². The van der Waals surface area contributed by atoms with Crippen molar-refractivity contribution in [1.29, 1.82) is 0 Å². The van der Waals surface area contributed by atoms with Crippen molar-refractivity contribution in [2.75, 3.05) is 13.2 Å². The van der Waals surface area contributed by atoms with E-state index in [4.69, 9.17) is 9.26 Å². The van der Waals surface area contributed by atoms with Gasteiger partial charge in [0.2, 0.25) is 8.30 Å². The van der Waals surface area contributed by atoms with Gasteiger partial charge in [0.05, 0.1) is 13.0 Å². The van der Waals surface area contributed by atoms with E-state index in [1.54, 1.807) is 54.6 Å². The van der Waals surface area contributed by atoms with E-state index in [-0.39, 0.29) is 12.2 Å². The lowest BCUT2D eigenvalue weighted by Gasteiger charge is -2.25. The Kier molecular flexibility index (Phi) is 10.0. The maximum absolute atomic E-state index is 15.8. The number of carbonyl (C=O) groups is 2. The highest BCUT2D eigenvalue weighted by Crippen LogP contribution is 2.51. The summed E-state index contributed by atoms with van der Waals surface area (Å²) in [5, 5.41) is 3.35. The number of fused-ring (bicyclic) bond motifs is 1. The quantitative estimate of drug-likeness (QED) is 0.111. The lowest BCUT2D eigenvalue weighted by molar-refractivity contribution is -0.160. The third-order valence-corrected chi connectivity index (χ3v) is 7.66. The molecule has 12 heteroatoms. The Balaban J connectivity index is 1.78. The van der Waals surface area contributed by atoms with E-state index in [1.165, 1.54) is 24.3 Å². The van der Waals surface area contributed by atoms with Crippen LogP contribution in [0.2, 0.25) is 0 Å². The molecule has 0 spiro atoms. The highest BCUT2D eigenvalue weighted by molar-refractivity contribution is 7.51. The van der Waals surface area contributed by atoms with Crippen molar-refractivity contribution >= 4 is 41.7 Å². The van der Waals surface area contributed by atoms with Gasteiger partial charge in [0, 0.05) is 4.70 Å². The summed E-state index contributed by atoms with van der Waals surface area (Å²) in [6, 6.07) is 13.6. The lowest BCUT2D eigenvalue weighted by Crippen LogP contribution is -2.34. The number of thiophene rings is 1. The fourth-order valence-corrected chi connectivity index (χ4v) is 5.50. The Labute approximate surface area is 216 Å². The average Bonchev–Trinajstić information content (AvgIpc) is 3.30. The van der Waals surface area contributed by atoms with Gasteiger partial charge in [0.1, 0.15) is 23.3 Å². The number of halogens is 4. The minimum absolute atomic E-state index is 0.0640. The molecule has 0 amide bonds. The Morgan fingerprint density at radius 3 is 2.54 bits per heavy atom. The smallest absolute Gasteiger partial charge is 0.392 e. The Morgan fingerprint density at radius 1 is 1.14 bits per heavy atom. The summed E-state index contributed by atoms with van der Waals surface area (Å²) in [7, 11) is -2.19. The number of rotatable bonds is 12. The maximum Gasteiger partial charge on any atom is 0.392 e. The summed E-state index contributed by atoms with van der Waals surface area (Å²) < 4.78 is 69.2. The number of hydrogen-bond donors (Lipinski definition) is 1. The van der Waals surface area contributed by atoms with Crippen LogP contribution in [-0.4, -0.2) is 37.4 Å². The fraction of sp³-hybridized carbons (Fsp3) is 0.280. The van der Waals surface area contributed by atoms with E-state index in [0.717, 1.165) is 4.70 Å². The van der Waals surface area contributed by atoms with Crippen LogP contribution in [0.4, 0.5) is 17.6 Å². The average molecular weight is 558 g/mol. The molecule has 0 aliphatic carbocycles. The second-order valence-electron chi connectivity index (χ2n) is 7.74. The van der Waals surface area contributed by atoms with Crippen molar-refractivity contribution in [3.63, 3.8) is 0 Å². The van der Waals surface area contributed by atoms with E-state index < -0.39 is 51.4 Å². The number of para-hydroxylation sites is 1. The fourth-order valence-electron chi connectivity index (χ4n) is 3.02. The minimum Gasteiger partial charge on any atom is -0.464 e. The molecule has 1 aromatic heterocycles. The molecule has 0 aliphatic heterocycles. The van der Waals surface area contributed by atoms with Crippen LogP contribution in [0.25, 0.3) is 10.1 Å². The van der Waals surface area contributed by atoms with Gasteiger partial charge in [-0.25, -0.2) is 14.3 Å². The van der Waals surface area contributed by atoms with Crippen LogP contribution in [-0.2, 0) is 14.3 Å². The van der Waals surface area contributed by atoms with Gasteiger partial charge in [-0.1, -0.05) is 36.9 Å². The van der Waals surface area contributed by atoms with E-state index in [9.17, 15) is 22.8 Å². The topological polar surface area (TPSA) is 73.9 Å². The van der Waals surface area contributed by atoms with Gasteiger partial charge in [0.15, 0.2) is 5.91 Å². The van der Waals surface area contributed by atoms with E-state index in [0.29, 0.717) is 16.0 Å². The monoisotopic (exact) mass is 557 g/mol. The zero-order valence-electron chi connectivity index (χ0n) is 19.7. The number of esters is 2. The number of carbonyl (C=O) groups excluding carboxylic acids is 2. The van der Waals surface area contributed by atoms with Crippen molar-refractivity contribution in [3.8, 4) is 5.75 Å². The van der Waals surface area contributed by atoms with Crippen LogP contribution in [0, 0.1) is 0 Å². The van der Waals surface area contributed by atoms with Crippen molar-refractivity contribution in [1.82, 2.24) is 5.09 Å². The molecule has 0 fully saturated rings. The first kappa shape index (κ1) is 28.6. The van der Waals surface area contributed by atoms with Crippen molar-refractivity contribution in [2.45, 2.75) is 31.5 Å². The van der Waals surface area contributed by atoms with Crippen LogP contribution < -0.4 is 9.61 Å². The largest absolute Gasteiger partial charge is 0.464 e. The first-order chi connectivity index (χ1) is 17.6. The Morgan fingerprint density at radius 2 is 1.86 bits per heavy atom. The van der Waals surface area contributed by atoms with Gasteiger partial charge in [0.25, 0.3) is 0 Å². The lowest BCUT2D eigenvalue weighted by atomic mass is 10.2. The molecule has 198 valence electrons. The summed E-state index contributed by atoms with van der Waals surface area (Å²) in [5.41, 5.74) is 0.225. The van der Waals surface area contributed by atoms with E-state index in [1.807, 2.05) is 0 Å². The second-order valence-corrected chi connectivity index (χ2v) is 10.4. The van der Waals surface area contributed by atoms with Crippen molar-refractivity contribution < 1.29 is 41.1 Å². The SMILES string of the molecule is C=CCOC(=O)c1cc2cc(C(F)P(NC(C)C(=O)OCCC(F)(F)F)Oc3ccccc3)ccc2s1. The number of benzene rings is 2. The van der Waals surface area contributed by atoms with Crippen LogP contribution in [0.3, 0.4) is 0 Å². The predicted molar refractivity (Wildman–Crippen MR) is 134 cm³/mol. The molecule has 3 atom stereocenters. The number of ether oxygens (including phenoxy) is 2. The first-order valence-corrected chi connectivity index (χ1v) is 13.2.